The largest absolute Gasteiger partial charge is 0.383 e. The normalized spacial score (nSPS) is 12.4. The summed E-state index contributed by atoms with van der Waals surface area (Å²) in [5, 5.41) is 10.9. The molecule has 0 amide bonds. The molecule has 2 rings (SSSR count). The van der Waals surface area contributed by atoms with Gasteiger partial charge < -0.3 is 10.8 Å². The van der Waals surface area contributed by atoms with Gasteiger partial charge in [-0.05, 0) is 36.6 Å². The lowest BCUT2D eigenvalue weighted by molar-refractivity contribution is 0.219. The number of benzene rings is 1. The fourth-order valence-electron chi connectivity index (χ4n) is 2.10. The first kappa shape index (κ1) is 12.9. The molecule has 0 aliphatic rings. The number of hydrogen-bond acceptors (Lipinski definition) is 3. The van der Waals surface area contributed by atoms with Gasteiger partial charge >= 0.3 is 0 Å². The number of rotatable bonds is 2. The van der Waals surface area contributed by atoms with Crippen molar-refractivity contribution in [1.29, 1.82) is 0 Å². The number of nitrogens with two attached hydrogens (primary N) is 1. The molecular weight excluding hydrogens is 248 g/mol. The maximum Gasteiger partial charge on any atom is 0.129 e. The van der Waals surface area contributed by atoms with Gasteiger partial charge in [-0.2, -0.15) is 0 Å². The van der Waals surface area contributed by atoms with Crippen LogP contribution >= 0.6 is 11.6 Å². The Kier molecular flexibility index (Phi) is 3.55. The Labute approximate surface area is 111 Å². The van der Waals surface area contributed by atoms with Crippen molar-refractivity contribution in [3.05, 3.63) is 57.7 Å². The lowest BCUT2D eigenvalue weighted by Crippen LogP contribution is -2.08. The SMILES string of the molecule is Cc1cccc(C)c1C(O)c1cc(Cl)cnc1N. The number of aromatic nitrogens is 1. The average Bonchev–Trinajstić information content (AvgIpc) is 2.32. The molecule has 1 aromatic heterocycles. The van der Waals surface area contributed by atoms with E-state index in [1.54, 1.807) is 6.07 Å². The highest BCUT2D eigenvalue weighted by Crippen LogP contribution is 2.31. The monoisotopic (exact) mass is 262 g/mol. The minimum atomic E-state index is -0.808. The van der Waals surface area contributed by atoms with Crippen LogP contribution in [0.15, 0.2) is 30.5 Å². The molecule has 4 heteroatoms. The van der Waals surface area contributed by atoms with Gasteiger partial charge in [0.05, 0.1) is 5.02 Å². The summed E-state index contributed by atoms with van der Waals surface area (Å²) in [7, 11) is 0. The van der Waals surface area contributed by atoms with Gasteiger partial charge in [0.2, 0.25) is 0 Å². The first-order valence-electron chi connectivity index (χ1n) is 5.66. The number of aliphatic hydroxyl groups excluding tert-OH is 1. The minimum absolute atomic E-state index is 0.301. The van der Waals surface area contributed by atoms with Crippen LogP contribution in [0.1, 0.15) is 28.4 Å². The summed E-state index contributed by atoms with van der Waals surface area (Å²) in [6.45, 7) is 3.92. The Balaban J connectivity index is 2.54. The summed E-state index contributed by atoms with van der Waals surface area (Å²) >= 11 is 5.90. The van der Waals surface area contributed by atoms with E-state index in [2.05, 4.69) is 4.98 Å². The molecule has 0 saturated carbocycles. The minimum Gasteiger partial charge on any atom is -0.383 e. The molecule has 0 aliphatic heterocycles. The third-order valence-electron chi connectivity index (χ3n) is 3.03. The van der Waals surface area contributed by atoms with Gasteiger partial charge in [0, 0.05) is 11.8 Å². The zero-order chi connectivity index (χ0) is 13.3. The highest BCUT2D eigenvalue weighted by atomic mass is 35.5. The van der Waals surface area contributed by atoms with Gasteiger partial charge in [0.15, 0.2) is 0 Å². The Morgan fingerprint density at radius 2 is 1.89 bits per heavy atom. The van der Waals surface area contributed by atoms with E-state index >= 15 is 0 Å². The van der Waals surface area contributed by atoms with Crippen LogP contribution in [0.5, 0.6) is 0 Å². The summed E-state index contributed by atoms with van der Waals surface area (Å²) in [6.07, 6.45) is 0.662. The molecule has 0 saturated heterocycles. The molecule has 1 aromatic carbocycles. The Morgan fingerprint density at radius 1 is 1.28 bits per heavy atom. The first-order chi connectivity index (χ1) is 8.50. The van der Waals surface area contributed by atoms with E-state index in [0.717, 1.165) is 16.7 Å². The Hall–Kier alpha value is -1.58. The van der Waals surface area contributed by atoms with Crippen molar-refractivity contribution >= 4 is 17.4 Å². The van der Waals surface area contributed by atoms with Crippen LogP contribution in [0, 0.1) is 13.8 Å². The predicted octanol–water partition coefficient (Wildman–Crippen LogP) is 3.02. The predicted molar refractivity (Wildman–Crippen MR) is 73.6 cm³/mol. The molecule has 0 bridgehead atoms. The van der Waals surface area contributed by atoms with Gasteiger partial charge in [0.1, 0.15) is 11.9 Å². The highest BCUT2D eigenvalue weighted by Gasteiger charge is 2.18. The van der Waals surface area contributed by atoms with E-state index in [1.807, 2.05) is 32.0 Å². The second-order valence-electron chi connectivity index (χ2n) is 4.34. The molecule has 0 radical (unpaired) electrons. The Bertz CT molecular complexity index is 564. The van der Waals surface area contributed by atoms with Crippen molar-refractivity contribution in [2.75, 3.05) is 5.73 Å². The van der Waals surface area contributed by atoms with Crippen LogP contribution in [0.4, 0.5) is 5.82 Å². The number of halogens is 1. The first-order valence-corrected chi connectivity index (χ1v) is 6.03. The molecule has 0 fully saturated rings. The molecule has 1 unspecified atom stereocenters. The number of aliphatic hydroxyl groups is 1. The standard InChI is InChI=1S/C14H15ClN2O/c1-8-4-3-5-9(2)12(8)13(18)11-6-10(15)7-17-14(11)16/h3-7,13,18H,1-2H3,(H2,16,17). The smallest absolute Gasteiger partial charge is 0.129 e. The fourth-order valence-corrected chi connectivity index (χ4v) is 2.27. The van der Waals surface area contributed by atoms with Crippen molar-refractivity contribution in [3.8, 4) is 0 Å². The molecular formula is C14H15ClN2O. The second-order valence-corrected chi connectivity index (χ2v) is 4.77. The molecule has 18 heavy (non-hydrogen) atoms. The van der Waals surface area contributed by atoms with E-state index in [9.17, 15) is 5.11 Å². The number of anilines is 1. The van der Waals surface area contributed by atoms with Gasteiger partial charge in [-0.1, -0.05) is 29.8 Å². The molecule has 3 N–H and O–H groups in total. The molecule has 0 spiro atoms. The van der Waals surface area contributed by atoms with Gasteiger partial charge in [-0.15, -0.1) is 0 Å². The molecule has 3 nitrogen and oxygen atoms in total. The quantitative estimate of drug-likeness (QED) is 0.875. The van der Waals surface area contributed by atoms with Crippen LogP contribution in [0.3, 0.4) is 0 Å². The summed E-state index contributed by atoms with van der Waals surface area (Å²) < 4.78 is 0. The zero-order valence-electron chi connectivity index (χ0n) is 10.3. The van der Waals surface area contributed by atoms with E-state index < -0.39 is 6.10 Å². The van der Waals surface area contributed by atoms with Gasteiger partial charge in [-0.3, -0.25) is 0 Å². The topological polar surface area (TPSA) is 59.1 Å². The fraction of sp³-hybridized carbons (Fsp3) is 0.214. The van der Waals surface area contributed by atoms with E-state index in [4.69, 9.17) is 17.3 Å². The van der Waals surface area contributed by atoms with Crippen molar-refractivity contribution < 1.29 is 5.11 Å². The van der Waals surface area contributed by atoms with Crippen molar-refractivity contribution in [3.63, 3.8) is 0 Å². The number of hydrogen-bond donors (Lipinski definition) is 2. The van der Waals surface area contributed by atoms with E-state index in [1.165, 1.54) is 6.20 Å². The number of aryl methyl sites for hydroxylation is 2. The maximum absolute atomic E-state index is 10.5. The van der Waals surface area contributed by atoms with Gasteiger partial charge in [0.25, 0.3) is 0 Å². The second kappa shape index (κ2) is 4.96. The zero-order valence-corrected chi connectivity index (χ0v) is 11.1. The van der Waals surface area contributed by atoms with Crippen molar-refractivity contribution in [2.24, 2.45) is 0 Å². The molecule has 94 valence electrons. The van der Waals surface area contributed by atoms with Gasteiger partial charge in [-0.25, -0.2) is 4.98 Å². The van der Waals surface area contributed by atoms with Crippen LogP contribution in [0.2, 0.25) is 5.02 Å². The summed E-state index contributed by atoms with van der Waals surface area (Å²) in [6, 6.07) is 7.53. The molecule has 1 heterocycles. The third-order valence-corrected chi connectivity index (χ3v) is 3.23. The maximum atomic E-state index is 10.5. The number of nitrogen functional groups attached to an aromatic ring is 1. The van der Waals surface area contributed by atoms with Crippen molar-refractivity contribution in [2.45, 2.75) is 20.0 Å². The molecule has 0 aliphatic carbocycles. The van der Waals surface area contributed by atoms with Crippen molar-refractivity contribution in [1.82, 2.24) is 4.98 Å². The van der Waals surface area contributed by atoms with E-state index in [0.29, 0.717) is 16.4 Å². The summed E-state index contributed by atoms with van der Waals surface area (Å²) in [5.74, 6) is 0.301. The van der Waals surface area contributed by atoms with E-state index in [-0.39, 0.29) is 0 Å². The number of nitrogens with zero attached hydrogens (tertiary/aromatic N) is 1. The van der Waals surface area contributed by atoms with Crippen LogP contribution in [0.25, 0.3) is 0 Å². The molecule has 2 aromatic rings. The third kappa shape index (κ3) is 2.33. The van der Waals surface area contributed by atoms with Crippen LogP contribution < -0.4 is 5.73 Å². The highest BCUT2D eigenvalue weighted by molar-refractivity contribution is 6.30. The van der Waals surface area contributed by atoms with Crippen LogP contribution in [-0.4, -0.2) is 10.1 Å². The van der Waals surface area contributed by atoms with Crippen LogP contribution in [-0.2, 0) is 0 Å². The Morgan fingerprint density at radius 3 is 2.50 bits per heavy atom. The average molecular weight is 263 g/mol. The summed E-state index contributed by atoms with van der Waals surface area (Å²) in [5.41, 5.74) is 9.23. The lowest BCUT2D eigenvalue weighted by atomic mass is 9.94. The number of pyridine rings is 1. The lowest BCUT2D eigenvalue weighted by Gasteiger charge is -2.18. The summed E-state index contributed by atoms with van der Waals surface area (Å²) in [4.78, 5) is 3.97. The molecule has 1 atom stereocenters.